The van der Waals surface area contributed by atoms with Crippen molar-refractivity contribution in [1.29, 1.82) is 0 Å². The van der Waals surface area contributed by atoms with Gasteiger partial charge in [0.15, 0.2) is 0 Å². The van der Waals surface area contributed by atoms with Gasteiger partial charge in [0.25, 0.3) is 0 Å². The molecule has 1 N–H and O–H groups in total. The van der Waals surface area contributed by atoms with E-state index in [2.05, 4.69) is 9.88 Å². The molecule has 120 valence electrons. The Bertz CT molecular complexity index is 635. The van der Waals surface area contributed by atoms with E-state index in [1.54, 1.807) is 24.5 Å². The molecule has 5 heteroatoms. The number of hydrogen-bond acceptors (Lipinski definition) is 4. The van der Waals surface area contributed by atoms with Crippen LogP contribution in [0.2, 0.25) is 0 Å². The summed E-state index contributed by atoms with van der Waals surface area (Å²) in [6.45, 7) is 3.23. The van der Waals surface area contributed by atoms with Gasteiger partial charge in [-0.2, -0.15) is 0 Å². The lowest BCUT2D eigenvalue weighted by Crippen LogP contribution is -2.48. The molecule has 0 radical (unpaired) electrons. The lowest BCUT2D eigenvalue weighted by Gasteiger charge is -2.36. The number of amides is 1. The summed E-state index contributed by atoms with van der Waals surface area (Å²) in [6.07, 6.45) is 4.82. The van der Waals surface area contributed by atoms with Crippen molar-refractivity contribution in [2.75, 3.05) is 31.1 Å². The maximum atomic E-state index is 12.3. The van der Waals surface area contributed by atoms with Crippen molar-refractivity contribution in [3.63, 3.8) is 0 Å². The van der Waals surface area contributed by atoms with Crippen LogP contribution in [0.4, 0.5) is 5.69 Å². The molecule has 0 unspecified atom stereocenters. The second-order valence-electron chi connectivity index (χ2n) is 5.74. The van der Waals surface area contributed by atoms with Gasteiger partial charge in [0.1, 0.15) is 5.75 Å². The Kier molecular flexibility index (Phi) is 4.76. The third-order valence-electron chi connectivity index (χ3n) is 4.22. The monoisotopic (exact) mass is 311 g/mol. The van der Waals surface area contributed by atoms with Gasteiger partial charge < -0.3 is 14.9 Å². The van der Waals surface area contributed by atoms with E-state index in [0.717, 1.165) is 37.4 Å². The third kappa shape index (κ3) is 4.00. The zero-order valence-electron chi connectivity index (χ0n) is 13.1. The fourth-order valence-corrected chi connectivity index (χ4v) is 2.84. The molecule has 2 aromatic rings. The second kappa shape index (κ2) is 7.13. The summed E-state index contributed by atoms with van der Waals surface area (Å²) >= 11 is 0. The number of rotatable bonds is 4. The number of nitrogens with zero attached hydrogens (tertiary/aromatic N) is 3. The van der Waals surface area contributed by atoms with Gasteiger partial charge in [-0.15, -0.1) is 0 Å². The van der Waals surface area contributed by atoms with Gasteiger partial charge in [0, 0.05) is 50.7 Å². The van der Waals surface area contributed by atoms with E-state index in [1.165, 1.54) is 0 Å². The zero-order valence-corrected chi connectivity index (χ0v) is 13.1. The molecule has 0 aliphatic carbocycles. The van der Waals surface area contributed by atoms with Crippen molar-refractivity contribution in [2.24, 2.45) is 0 Å². The first-order chi connectivity index (χ1) is 11.2. The summed E-state index contributed by atoms with van der Waals surface area (Å²) in [6, 6.07) is 11.1. The standard InChI is InChI=1S/C18H21N3O2/c22-17-4-1-15(2-5-17)3-6-18(23)21-13-11-20(12-14-21)16-7-9-19-10-8-16/h1-2,4-5,7-10,22H,3,6,11-14H2. The predicted octanol–water partition coefficient (Wildman–Crippen LogP) is 2.07. The highest BCUT2D eigenvalue weighted by atomic mass is 16.3. The maximum absolute atomic E-state index is 12.3. The Morgan fingerprint density at radius 3 is 2.30 bits per heavy atom. The minimum Gasteiger partial charge on any atom is -0.508 e. The number of aryl methyl sites for hydroxylation is 1. The SMILES string of the molecule is O=C(CCc1ccc(O)cc1)N1CCN(c2ccncc2)CC1. The highest BCUT2D eigenvalue weighted by Gasteiger charge is 2.20. The van der Waals surface area contributed by atoms with Gasteiger partial charge in [-0.1, -0.05) is 12.1 Å². The van der Waals surface area contributed by atoms with Gasteiger partial charge in [-0.25, -0.2) is 0 Å². The minimum absolute atomic E-state index is 0.201. The Balaban J connectivity index is 1.47. The van der Waals surface area contributed by atoms with Crippen LogP contribution in [-0.4, -0.2) is 47.1 Å². The van der Waals surface area contributed by atoms with Crippen molar-refractivity contribution in [2.45, 2.75) is 12.8 Å². The summed E-state index contributed by atoms with van der Waals surface area (Å²) in [7, 11) is 0. The number of phenolic OH excluding ortho intramolecular Hbond substituents is 1. The first-order valence-corrected chi connectivity index (χ1v) is 7.93. The summed E-state index contributed by atoms with van der Waals surface area (Å²) < 4.78 is 0. The topological polar surface area (TPSA) is 56.7 Å². The van der Waals surface area contributed by atoms with Crippen LogP contribution < -0.4 is 4.90 Å². The summed E-state index contributed by atoms with van der Waals surface area (Å²) in [5.41, 5.74) is 2.24. The largest absolute Gasteiger partial charge is 0.508 e. The van der Waals surface area contributed by atoms with E-state index in [4.69, 9.17) is 0 Å². The van der Waals surface area contributed by atoms with Gasteiger partial charge in [0.2, 0.25) is 5.91 Å². The molecule has 5 nitrogen and oxygen atoms in total. The first-order valence-electron chi connectivity index (χ1n) is 7.93. The van der Waals surface area contributed by atoms with Gasteiger partial charge >= 0.3 is 0 Å². The van der Waals surface area contributed by atoms with E-state index in [1.807, 2.05) is 29.2 Å². The first kappa shape index (κ1) is 15.3. The number of piperazine rings is 1. The Hall–Kier alpha value is -2.56. The van der Waals surface area contributed by atoms with Crippen LogP contribution >= 0.6 is 0 Å². The number of aromatic hydroxyl groups is 1. The molecule has 1 fully saturated rings. The third-order valence-corrected chi connectivity index (χ3v) is 4.22. The van der Waals surface area contributed by atoms with Gasteiger partial charge in [0.05, 0.1) is 0 Å². The fraction of sp³-hybridized carbons (Fsp3) is 0.333. The molecule has 1 aromatic carbocycles. The van der Waals surface area contributed by atoms with Crippen LogP contribution in [0.5, 0.6) is 5.75 Å². The number of anilines is 1. The average molecular weight is 311 g/mol. The fourth-order valence-electron chi connectivity index (χ4n) is 2.84. The molecule has 0 atom stereocenters. The molecular weight excluding hydrogens is 290 g/mol. The maximum Gasteiger partial charge on any atom is 0.223 e. The lowest BCUT2D eigenvalue weighted by molar-refractivity contribution is -0.131. The van der Waals surface area contributed by atoms with E-state index in [9.17, 15) is 9.90 Å². The van der Waals surface area contributed by atoms with Gasteiger partial charge in [-0.05, 0) is 36.2 Å². The molecule has 1 aromatic heterocycles. The van der Waals surface area contributed by atoms with Crippen molar-refractivity contribution in [3.05, 3.63) is 54.4 Å². The van der Waals surface area contributed by atoms with Crippen molar-refractivity contribution in [1.82, 2.24) is 9.88 Å². The number of hydrogen-bond donors (Lipinski definition) is 1. The smallest absolute Gasteiger partial charge is 0.223 e. The van der Waals surface area contributed by atoms with Crippen LogP contribution in [0.3, 0.4) is 0 Å². The number of carbonyl (C=O) groups is 1. The molecule has 1 amide bonds. The number of phenols is 1. The Morgan fingerprint density at radius 2 is 1.65 bits per heavy atom. The number of carbonyl (C=O) groups excluding carboxylic acids is 1. The van der Waals surface area contributed by atoms with Crippen LogP contribution in [0.15, 0.2) is 48.8 Å². The summed E-state index contributed by atoms with van der Waals surface area (Å²) in [5, 5.41) is 9.27. The molecule has 2 heterocycles. The van der Waals surface area contributed by atoms with Crippen molar-refractivity contribution < 1.29 is 9.90 Å². The lowest BCUT2D eigenvalue weighted by atomic mass is 10.1. The Labute approximate surface area is 136 Å². The van der Waals surface area contributed by atoms with Crippen molar-refractivity contribution in [3.8, 4) is 5.75 Å². The minimum atomic E-state index is 0.201. The van der Waals surface area contributed by atoms with Crippen LogP contribution in [0.1, 0.15) is 12.0 Å². The molecule has 0 spiro atoms. The molecule has 23 heavy (non-hydrogen) atoms. The second-order valence-corrected chi connectivity index (χ2v) is 5.74. The number of aromatic nitrogens is 1. The summed E-state index contributed by atoms with van der Waals surface area (Å²) in [5.74, 6) is 0.458. The highest BCUT2D eigenvalue weighted by Crippen LogP contribution is 2.16. The quantitative estimate of drug-likeness (QED) is 0.939. The van der Waals surface area contributed by atoms with Crippen LogP contribution in [0, 0.1) is 0 Å². The zero-order chi connectivity index (χ0) is 16.1. The van der Waals surface area contributed by atoms with E-state index in [0.29, 0.717) is 12.8 Å². The molecule has 1 aliphatic rings. The van der Waals surface area contributed by atoms with E-state index >= 15 is 0 Å². The van der Waals surface area contributed by atoms with Crippen LogP contribution in [-0.2, 0) is 11.2 Å². The molecule has 1 aliphatic heterocycles. The normalized spacial score (nSPS) is 14.8. The number of pyridine rings is 1. The van der Waals surface area contributed by atoms with E-state index in [-0.39, 0.29) is 11.7 Å². The number of benzene rings is 1. The molecule has 0 bridgehead atoms. The molecule has 0 saturated carbocycles. The summed E-state index contributed by atoms with van der Waals surface area (Å²) in [4.78, 5) is 20.6. The predicted molar refractivity (Wildman–Crippen MR) is 89.5 cm³/mol. The molecule has 3 rings (SSSR count). The van der Waals surface area contributed by atoms with Gasteiger partial charge in [-0.3, -0.25) is 9.78 Å². The average Bonchev–Trinajstić information content (AvgIpc) is 2.62. The Morgan fingerprint density at radius 1 is 1.00 bits per heavy atom. The molecular formula is C18H21N3O2. The molecule has 1 saturated heterocycles. The highest BCUT2D eigenvalue weighted by molar-refractivity contribution is 5.76. The van der Waals surface area contributed by atoms with Crippen molar-refractivity contribution >= 4 is 11.6 Å². The van der Waals surface area contributed by atoms with Crippen LogP contribution in [0.25, 0.3) is 0 Å². The van der Waals surface area contributed by atoms with E-state index < -0.39 is 0 Å².